The van der Waals surface area contributed by atoms with Crippen molar-refractivity contribution in [2.75, 3.05) is 13.1 Å². The van der Waals surface area contributed by atoms with E-state index >= 15 is 0 Å². The monoisotopic (exact) mass is 278 g/mol. The van der Waals surface area contributed by atoms with E-state index in [9.17, 15) is 4.79 Å². The molecule has 3 heteroatoms. The Hall–Kier alpha value is -0.570. The first-order chi connectivity index (χ1) is 9.74. The van der Waals surface area contributed by atoms with Gasteiger partial charge in [-0.3, -0.25) is 4.79 Å². The summed E-state index contributed by atoms with van der Waals surface area (Å²) in [5, 5.41) is 3.47. The van der Waals surface area contributed by atoms with Gasteiger partial charge in [0.05, 0.1) is 0 Å². The van der Waals surface area contributed by atoms with Gasteiger partial charge in [-0.2, -0.15) is 0 Å². The van der Waals surface area contributed by atoms with Gasteiger partial charge in [0.1, 0.15) is 0 Å². The minimum absolute atomic E-state index is 0.284. The Morgan fingerprint density at radius 3 is 2.50 bits per heavy atom. The van der Waals surface area contributed by atoms with Gasteiger partial charge in [-0.25, -0.2) is 0 Å². The third-order valence-electron chi connectivity index (χ3n) is 5.42. The predicted molar refractivity (Wildman–Crippen MR) is 81.5 cm³/mol. The number of hydrogen-bond acceptors (Lipinski definition) is 2. The fourth-order valence-electron chi connectivity index (χ4n) is 3.98. The van der Waals surface area contributed by atoms with Gasteiger partial charge >= 0.3 is 0 Å². The number of amides is 1. The molecule has 0 spiro atoms. The van der Waals surface area contributed by atoms with Crippen LogP contribution in [-0.2, 0) is 4.79 Å². The van der Waals surface area contributed by atoms with Gasteiger partial charge in [-0.05, 0) is 57.9 Å². The molecule has 20 heavy (non-hydrogen) atoms. The second kappa shape index (κ2) is 6.46. The maximum atomic E-state index is 13.0. The Morgan fingerprint density at radius 2 is 1.85 bits per heavy atom. The van der Waals surface area contributed by atoms with E-state index in [0.717, 1.165) is 31.8 Å². The highest BCUT2D eigenvalue weighted by Crippen LogP contribution is 2.34. The van der Waals surface area contributed by atoms with Gasteiger partial charge in [0.15, 0.2) is 0 Å². The molecule has 0 radical (unpaired) electrons. The summed E-state index contributed by atoms with van der Waals surface area (Å²) in [6.07, 6.45) is 11.3. The van der Waals surface area contributed by atoms with E-state index in [0.29, 0.717) is 18.0 Å². The van der Waals surface area contributed by atoms with E-state index in [4.69, 9.17) is 0 Å². The highest BCUT2D eigenvalue weighted by atomic mass is 16.2. The molecule has 0 bridgehead atoms. The number of nitrogens with zero attached hydrogens (tertiary/aromatic N) is 1. The number of carbonyl (C=O) groups excluding carboxylic acids is 1. The van der Waals surface area contributed by atoms with Gasteiger partial charge in [0, 0.05) is 24.5 Å². The second-order valence-electron chi connectivity index (χ2n) is 7.30. The second-order valence-corrected chi connectivity index (χ2v) is 7.30. The Labute approximate surface area is 123 Å². The number of hydrogen-bond donors (Lipinski definition) is 1. The van der Waals surface area contributed by atoms with E-state index in [2.05, 4.69) is 17.1 Å². The van der Waals surface area contributed by atoms with Crippen molar-refractivity contribution in [1.29, 1.82) is 0 Å². The molecule has 2 atom stereocenters. The Balaban J connectivity index is 1.64. The lowest BCUT2D eigenvalue weighted by Gasteiger charge is -2.38. The SMILES string of the molecule is C[C@H]1C[C@@H](C(=O)N(CC2CC2)C2CCCCC2)CCN1. The van der Waals surface area contributed by atoms with E-state index in [1.54, 1.807) is 0 Å². The molecule has 2 aliphatic carbocycles. The Kier molecular flexibility index (Phi) is 4.65. The average Bonchev–Trinajstić information content (AvgIpc) is 3.29. The van der Waals surface area contributed by atoms with Crippen molar-refractivity contribution in [3.05, 3.63) is 0 Å². The zero-order valence-electron chi connectivity index (χ0n) is 12.9. The van der Waals surface area contributed by atoms with Crippen molar-refractivity contribution in [3.63, 3.8) is 0 Å². The van der Waals surface area contributed by atoms with E-state index in [-0.39, 0.29) is 5.92 Å². The van der Waals surface area contributed by atoms with Crippen molar-refractivity contribution >= 4 is 5.91 Å². The van der Waals surface area contributed by atoms with Crippen LogP contribution in [-0.4, -0.2) is 36.0 Å². The van der Waals surface area contributed by atoms with E-state index in [1.807, 2.05) is 0 Å². The molecule has 1 N–H and O–H groups in total. The third kappa shape index (κ3) is 3.55. The zero-order chi connectivity index (χ0) is 13.9. The van der Waals surface area contributed by atoms with Crippen LogP contribution in [0.4, 0.5) is 0 Å². The predicted octanol–water partition coefficient (Wildman–Crippen LogP) is 2.95. The quantitative estimate of drug-likeness (QED) is 0.857. The summed E-state index contributed by atoms with van der Waals surface area (Å²) in [7, 11) is 0. The summed E-state index contributed by atoms with van der Waals surface area (Å²) >= 11 is 0. The first-order valence-corrected chi connectivity index (χ1v) is 8.78. The van der Waals surface area contributed by atoms with Crippen molar-refractivity contribution in [1.82, 2.24) is 10.2 Å². The molecule has 3 fully saturated rings. The minimum Gasteiger partial charge on any atom is -0.339 e. The maximum Gasteiger partial charge on any atom is 0.226 e. The largest absolute Gasteiger partial charge is 0.339 e. The van der Waals surface area contributed by atoms with E-state index < -0.39 is 0 Å². The zero-order valence-corrected chi connectivity index (χ0v) is 12.9. The fourth-order valence-corrected chi connectivity index (χ4v) is 3.98. The molecule has 1 saturated heterocycles. The Bertz CT molecular complexity index is 334. The highest BCUT2D eigenvalue weighted by Gasteiger charge is 2.35. The molecule has 3 aliphatic rings. The molecule has 1 aliphatic heterocycles. The molecule has 3 rings (SSSR count). The van der Waals surface area contributed by atoms with Crippen LogP contribution in [0.15, 0.2) is 0 Å². The van der Waals surface area contributed by atoms with Crippen LogP contribution in [0.3, 0.4) is 0 Å². The van der Waals surface area contributed by atoms with Crippen LogP contribution in [0.2, 0.25) is 0 Å². The first kappa shape index (κ1) is 14.4. The van der Waals surface area contributed by atoms with Crippen LogP contribution in [0.1, 0.15) is 64.7 Å². The number of piperidine rings is 1. The van der Waals surface area contributed by atoms with Gasteiger partial charge in [-0.1, -0.05) is 19.3 Å². The van der Waals surface area contributed by atoms with Gasteiger partial charge in [-0.15, -0.1) is 0 Å². The summed E-state index contributed by atoms with van der Waals surface area (Å²) in [6, 6.07) is 1.06. The Morgan fingerprint density at radius 1 is 1.10 bits per heavy atom. The van der Waals surface area contributed by atoms with Gasteiger partial charge < -0.3 is 10.2 Å². The average molecular weight is 278 g/mol. The van der Waals surface area contributed by atoms with Crippen LogP contribution in [0.25, 0.3) is 0 Å². The van der Waals surface area contributed by atoms with Crippen molar-refractivity contribution in [3.8, 4) is 0 Å². The molecular formula is C17H30N2O. The number of nitrogens with one attached hydrogen (secondary N) is 1. The molecule has 1 heterocycles. The van der Waals surface area contributed by atoms with Crippen LogP contribution in [0.5, 0.6) is 0 Å². The molecule has 3 nitrogen and oxygen atoms in total. The van der Waals surface area contributed by atoms with Crippen LogP contribution >= 0.6 is 0 Å². The smallest absolute Gasteiger partial charge is 0.226 e. The molecule has 1 amide bonds. The van der Waals surface area contributed by atoms with Gasteiger partial charge in [0.25, 0.3) is 0 Å². The number of rotatable bonds is 4. The summed E-state index contributed by atoms with van der Waals surface area (Å²) in [6.45, 7) is 4.28. The van der Waals surface area contributed by atoms with Crippen LogP contribution < -0.4 is 5.32 Å². The lowest BCUT2D eigenvalue weighted by molar-refractivity contribution is -0.140. The first-order valence-electron chi connectivity index (χ1n) is 8.78. The molecule has 0 aromatic heterocycles. The molecule has 0 aromatic carbocycles. The van der Waals surface area contributed by atoms with E-state index in [1.165, 1.54) is 44.9 Å². The molecule has 0 unspecified atom stereocenters. The topological polar surface area (TPSA) is 32.3 Å². The van der Waals surface area contributed by atoms with Crippen molar-refractivity contribution < 1.29 is 4.79 Å². The molecule has 2 saturated carbocycles. The lowest BCUT2D eigenvalue weighted by atomic mass is 9.89. The normalized spacial score (nSPS) is 32.0. The molecular weight excluding hydrogens is 248 g/mol. The molecule has 0 aromatic rings. The summed E-state index contributed by atoms with van der Waals surface area (Å²) in [4.78, 5) is 15.3. The fraction of sp³-hybridized carbons (Fsp3) is 0.941. The van der Waals surface area contributed by atoms with Crippen molar-refractivity contribution in [2.24, 2.45) is 11.8 Å². The third-order valence-corrected chi connectivity index (χ3v) is 5.42. The lowest BCUT2D eigenvalue weighted by Crippen LogP contribution is -2.49. The maximum absolute atomic E-state index is 13.0. The summed E-state index contributed by atoms with van der Waals surface area (Å²) in [5.41, 5.74) is 0. The summed E-state index contributed by atoms with van der Waals surface area (Å²) in [5.74, 6) is 1.59. The molecule has 114 valence electrons. The van der Waals surface area contributed by atoms with Crippen LogP contribution in [0, 0.1) is 11.8 Å². The van der Waals surface area contributed by atoms with Gasteiger partial charge in [0.2, 0.25) is 5.91 Å². The highest BCUT2D eigenvalue weighted by molar-refractivity contribution is 5.79. The minimum atomic E-state index is 0.284. The standard InChI is InChI=1S/C17H30N2O/c1-13-11-15(9-10-18-13)17(20)19(12-14-7-8-14)16-5-3-2-4-6-16/h13-16,18H,2-12H2,1H3/t13-,15-/m0/s1. The number of carbonyl (C=O) groups is 1. The summed E-state index contributed by atoms with van der Waals surface area (Å²) < 4.78 is 0. The van der Waals surface area contributed by atoms with Crippen molar-refractivity contribution in [2.45, 2.75) is 76.8 Å².